The molecule has 4 rings (SSSR count). The van der Waals surface area contributed by atoms with Gasteiger partial charge in [-0.15, -0.1) is 0 Å². The lowest BCUT2D eigenvalue weighted by Crippen LogP contribution is -2.37. The Balaban J connectivity index is 1.30. The van der Waals surface area contributed by atoms with Gasteiger partial charge in [-0.1, -0.05) is 6.08 Å². The van der Waals surface area contributed by atoms with Crippen LogP contribution in [0.15, 0.2) is 11.8 Å². The van der Waals surface area contributed by atoms with Gasteiger partial charge < -0.3 is 14.4 Å². The molecule has 4 aliphatic rings. The zero-order chi connectivity index (χ0) is 14.1. The highest BCUT2D eigenvalue weighted by atomic mass is 16.7. The van der Waals surface area contributed by atoms with Gasteiger partial charge in [0, 0.05) is 31.6 Å². The van der Waals surface area contributed by atoms with Gasteiger partial charge in [-0.2, -0.15) is 0 Å². The Labute approximate surface area is 128 Å². The molecule has 0 N–H and O–H groups in total. The Morgan fingerprint density at radius 3 is 2.29 bits per heavy atom. The fourth-order valence-corrected chi connectivity index (χ4v) is 4.90. The third-order valence-electron chi connectivity index (χ3n) is 6.21. The van der Waals surface area contributed by atoms with Crippen LogP contribution in [0, 0.1) is 11.8 Å². The van der Waals surface area contributed by atoms with Crippen molar-refractivity contribution in [1.29, 1.82) is 0 Å². The van der Waals surface area contributed by atoms with Crippen LogP contribution in [0.2, 0.25) is 0 Å². The van der Waals surface area contributed by atoms with E-state index < -0.39 is 0 Å². The number of nitrogens with zero attached hydrogens (tertiary/aromatic N) is 1. The molecule has 2 saturated heterocycles. The first kappa shape index (κ1) is 14.1. The molecule has 3 heteroatoms. The van der Waals surface area contributed by atoms with Crippen LogP contribution in [0.25, 0.3) is 0 Å². The summed E-state index contributed by atoms with van der Waals surface area (Å²) in [4.78, 5) is 2.63. The predicted molar refractivity (Wildman–Crippen MR) is 82.8 cm³/mol. The van der Waals surface area contributed by atoms with Gasteiger partial charge in [0.25, 0.3) is 0 Å². The molecular weight excluding hydrogens is 262 g/mol. The van der Waals surface area contributed by atoms with E-state index in [1.807, 2.05) is 0 Å². The molecule has 1 saturated carbocycles. The number of ether oxygens (including phenoxy) is 2. The van der Waals surface area contributed by atoms with Crippen LogP contribution in [-0.2, 0) is 9.47 Å². The second-order valence-corrected chi connectivity index (χ2v) is 7.37. The molecule has 1 unspecified atom stereocenters. The Morgan fingerprint density at radius 2 is 1.67 bits per heavy atom. The molecular formula is C18H29NO2. The van der Waals surface area contributed by atoms with E-state index in [0.29, 0.717) is 0 Å². The summed E-state index contributed by atoms with van der Waals surface area (Å²) in [7, 11) is 0. The third-order valence-corrected chi connectivity index (χ3v) is 6.21. The molecule has 1 atom stereocenters. The summed E-state index contributed by atoms with van der Waals surface area (Å²) < 4.78 is 11.7. The van der Waals surface area contributed by atoms with E-state index in [4.69, 9.17) is 9.47 Å². The molecule has 0 aromatic rings. The number of likely N-dealkylation sites (tertiary alicyclic amines) is 1. The van der Waals surface area contributed by atoms with Gasteiger partial charge in [0.05, 0.1) is 13.2 Å². The summed E-state index contributed by atoms with van der Waals surface area (Å²) in [5.74, 6) is 1.64. The summed E-state index contributed by atoms with van der Waals surface area (Å²) >= 11 is 0. The van der Waals surface area contributed by atoms with Crippen LogP contribution in [-0.4, -0.2) is 37.0 Å². The minimum Gasteiger partial charge on any atom is -0.375 e. The van der Waals surface area contributed by atoms with E-state index in [1.165, 1.54) is 58.0 Å². The maximum absolute atomic E-state index is 5.86. The lowest BCUT2D eigenvalue weighted by molar-refractivity contribution is -0.185. The first-order valence-electron chi connectivity index (χ1n) is 9.07. The predicted octanol–water partition coefficient (Wildman–Crippen LogP) is 3.70. The first-order valence-corrected chi connectivity index (χ1v) is 9.07. The smallest absolute Gasteiger partial charge is 0.168 e. The van der Waals surface area contributed by atoms with Crippen molar-refractivity contribution in [1.82, 2.24) is 4.90 Å². The van der Waals surface area contributed by atoms with Crippen LogP contribution >= 0.6 is 0 Å². The van der Waals surface area contributed by atoms with E-state index >= 15 is 0 Å². The van der Waals surface area contributed by atoms with Gasteiger partial charge in [-0.25, -0.2) is 0 Å². The normalized spacial score (nSPS) is 33.6. The van der Waals surface area contributed by atoms with Crippen LogP contribution in [0.4, 0.5) is 0 Å². The van der Waals surface area contributed by atoms with E-state index in [0.717, 1.165) is 37.9 Å². The first-order chi connectivity index (χ1) is 10.3. The number of hydrogen-bond donors (Lipinski definition) is 0. The highest BCUT2D eigenvalue weighted by Gasteiger charge is 2.42. The van der Waals surface area contributed by atoms with Crippen molar-refractivity contribution in [3.05, 3.63) is 11.8 Å². The van der Waals surface area contributed by atoms with E-state index in [2.05, 4.69) is 11.0 Å². The fraction of sp³-hybridized carbons (Fsp3) is 0.889. The highest BCUT2D eigenvalue weighted by Crippen LogP contribution is 2.44. The molecule has 118 valence electrons. The molecule has 0 aromatic heterocycles. The van der Waals surface area contributed by atoms with Gasteiger partial charge >= 0.3 is 0 Å². The molecule has 21 heavy (non-hydrogen) atoms. The zero-order valence-corrected chi connectivity index (χ0v) is 13.2. The maximum Gasteiger partial charge on any atom is 0.168 e. The number of allylic oxidation sites excluding steroid dienone is 2. The quantitative estimate of drug-likeness (QED) is 0.774. The Morgan fingerprint density at radius 1 is 0.952 bits per heavy atom. The van der Waals surface area contributed by atoms with Gasteiger partial charge in [0.15, 0.2) is 5.79 Å². The minimum absolute atomic E-state index is 0.179. The Hall–Kier alpha value is -0.540. The minimum atomic E-state index is -0.179. The topological polar surface area (TPSA) is 21.7 Å². The summed E-state index contributed by atoms with van der Waals surface area (Å²) in [6, 6.07) is 0. The maximum atomic E-state index is 5.86. The molecule has 0 aromatic carbocycles. The molecule has 3 fully saturated rings. The SMILES string of the molecule is C1=C(N2CCCC2)CCC(C2CCC3(CC2)OCCO3)C1. The Bertz CT molecular complexity index is 384. The molecule has 2 aliphatic heterocycles. The molecule has 1 spiro atoms. The van der Waals surface area contributed by atoms with Gasteiger partial charge in [-0.3, -0.25) is 0 Å². The van der Waals surface area contributed by atoms with E-state index in [9.17, 15) is 0 Å². The molecule has 0 bridgehead atoms. The second kappa shape index (κ2) is 5.92. The zero-order valence-electron chi connectivity index (χ0n) is 13.2. The summed E-state index contributed by atoms with van der Waals surface area (Å²) in [5, 5.41) is 0. The average molecular weight is 291 g/mol. The highest BCUT2D eigenvalue weighted by molar-refractivity contribution is 5.08. The van der Waals surface area contributed by atoms with Crippen LogP contribution < -0.4 is 0 Å². The van der Waals surface area contributed by atoms with Crippen LogP contribution in [0.5, 0.6) is 0 Å². The van der Waals surface area contributed by atoms with E-state index in [1.54, 1.807) is 5.70 Å². The molecule has 2 heterocycles. The van der Waals surface area contributed by atoms with Crippen molar-refractivity contribution in [2.45, 2.75) is 63.6 Å². The summed E-state index contributed by atoms with van der Waals surface area (Å²) in [6.45, 7) is 4.21. The van der Waals surface area contributed by atoms with Gasteiger partial charge in [0.1, 0.15) is 0 Å². The lowest BCUT2D eigenvalue weighted by Gasteiger charge is -2.40. The molecule has 3 nitrogen and oxygen atoms in total. The summed E-state index contributed by atoms with van der Waals surface area (Å²) in [5.41, 5.74) is 1.65. The van der Waals surface area contributed by atoms with Crippen molar-refractivity contribution >= 4 is 0 Å². The van der Waals surface area contributed by atoms with Crippen LogP contribution in [0.1, 0.15) is 57.8 Å². The van der Waals surface area contributed by atoms with Crippen molar-refractivity contribution in [2.75, 3.05) is 26.3 Å². The number of rotatable bonds is 2. The average Bonchev–Trinajstić information content (AvgIpc) is 3.21. The van der Waals surface area contributed by atoms with Crippen LogP contribution in [0.3, 0.4) is 0 Å². The molecule has 0 radical (unpaired) electrons. The summed E-state index contributed by atoms with van der Waals surface area (Å²) in [6.07, 6.45) is 14.2. The van der Waals surface area contributed by atoms with E-state index in [-0.39, 0.29) is 5.79 Å². The molecule has 0 amide bonds. The number of hydrogen-bond acceptors (Lipinski definition) is 3. The monoisotopic (exact) mass is 291 g/mol. The lowest BCUT2D eigenvalue weighted by atomic mass is 9.73. The largest absolute Gasteiger partial charge is 0.375 e. The van der Waals surface area contributed by atoms with Crippen molar-refractivity contribution in [3.63, 3.8) is 0 Å². The second-order valence-electron chi connectivity index (χ2n) is 7.37. The standard InChI is InChI=1S/C18H29NO2/c1-2-12-19(11-1)17-5-3-15(4-6-17)16-7-9-18(10-8-16)20-13-14-21-18/h5,15-16H,1-4,6-14H2. The van der Waals surface area contributed by atoms with Crippen molar-refractivity contribution in [3.8, 4) is 0 Å². The van der Waals surface area contributed by atoms with Crippen molar-refractivity contribution in [2.24, 2.45) is 11.8 Å². The van der Waals surface area contributed by atoms with Gasteiger partial charge in [0.2, 0.25) is 0 Å². The Kier molecular flexibility index (Phi) is 3.97. The third kappa shape index (κ3) is 2.87. The van der Waals surface area contributed by atoms with Gasteiger partial charge in [-0.05, 0) is 56.8 Å². The fourth-order valence-electron chi connectivity index (χ4n) is 4.90. The van der Waals surface area contributed by atoms with Crippen molar-refractivity contribution < 1.29 is 9.47 Å². The molecule has 2 aliphatic carbocycles.